The van der Waals surface area contributed by atoms with Gasteiger partial charge in [-0.15, -0.1) is 0 Å². The minimum absolute atomic E-state index is 0.0155. The number of carbonyl (C=O) groups excluding carboxylic acids is 2. The number of anilines is 2. The monoisotopic (exact) mass is 371 g/mol. The van der Waals surface area contributed by atoms with Crippen molar-refractivity contribution in [3.05, 3.63) is 39.1 Å². The van der Waals surface area contributed by atoms with E-state index in [1.165, 1.54) is 6.07 Å². The highest BCUT2D eigenvalue weighted by Crippen LogP contribution is 2.30. The number of carbonyl (C=O) groups is 2. The van der Waals surface area contributed by atoms with E-state index in [4.69, 9.17) is 10.2 Å². The topological polar surface area (TPSA) is 126 Å². The summed E-state index contributed by atoms with van der Waals surface area (Å²) in [6, 6.07) is 1.39. The van der Waals surface area contributed by atoms with Gasteiger partial charge in [0, 0.05) is 45.1 Å². The van der Waals surface area contributed by atoms with Gasteiger partial charge in [0.15, 0.2) is 5.78 Å². The maximum atomic E-state index is 13.1. The van der Waals surface area contributed by atoms with Crippen molar-refractivity contribution in [1.29, 1.82) is 0 Å². The van der Waals surface area contributed by atoms with Crippen molar-refractivity contribution in [1.82, 2.24) is 14.9 Å². The van der Waals surface area contributed by atoms with Gasteiger partial charge < -0.3 is 20.0 Å². The fourth-order valence-electron chi connectivity index (χ4n) is 3.79. The minimum Gasteiger partial charge on any atom is -0.465 e. The van der Waals surface area contributed by atoms with Crippen LogP contribution >= 0.6 is 0 Å². The molecule has 1 fully saturated rings. The molecule has 3 heterocycles. The molecule has 0 atom stereocenters. The summed E-state index contributed by atoms with van der Waals surface area (Å²) in [4.78, 5) is 47.1. The van der Waals surface area contributed by atoms with Crippen LogP contribution in [0.4, 0.5) is 11.8 Å². The van der Waals surface area contributed by atoms with Crippen LogP contribution in [-0.2, 0) is 6.42 Å². The number of nitrogens with one attached hydrogen (secondary N) is 1. The zero-order chi connectivity index (χ0) is 19.1. The van der Waals surface area contributed by atoms with E-state index >= 15 is 0 Å². The van der Waals surface area contributed by atoms with E-state index in [-0.39, 0.29) is 23.2 Å². The number of nitrogens with zero attached hydrogens (tertiary/aromatic N) is 3. The van der Waals surface area contributed by atoms with Crippen molar-refractivity contribution < 1.29 is 14.0 Å². The number of aromatic nitrogens is 2. The van der Waals surface area contributed by atoms with Gasteiger partial charge >= 0.3 is 0 Å². The van der Waals surface area contributed by atoms with Gasteiger partial charge in [0.1, 0.15) is 17.3 Å². The van der Waals surface area contributed by atoms with Gasteiger partial charge in [-0.25, -0.2) is 0 Å². The molecule has 0 spiro atoms. The van der Waals surface area contributed by atoms with E-state index in [2.05, 4.69) is 9.97 Å². The molecule has 2 aromatic heterocycles. The lowest BCUT2D eigenvalue weighted by Gasteiger charge is -2.35. The first-order chi connectivity index (χ1) is 12.9. The van der Waals surface area contributed by atoms with Gasteiger partial charge in [0.2, 0.25) is 5.95 Å². The number of aromatic amines is 1. The second-order valence-electron chi connectivity index (χ2n) is 6.88. The third-order valence-electron chi connectivity index (χ3n) is 5.09. The number of rotatable bonds is 2. The standard InChI is InChI=1S/C18H21N5O4/c1-10-15(16-11(24)3-2-4-12(16)27-10)17(26)23-7-5-22(6-8-23)13-9-14(25)21-18(19)20-13/h9H,2-8H2,1H3,(H3,19,20,21,25). The maximum Gasteiger partial charge on any atom is 0.258 e. The normalized spacial score (nSPS) is 17.1. The van der Waals surface area contributed by atoms with Crippen molar-refractivity contribution in [2.24, 2.45) is 0 Å². The van der Waals surface area contributed by atoms with Gasteiger partial charge in [-0.3, -0.25) is 19.4 Å². The Kier molecular flexibility index (Phi) is 4.21. The zero-order valence-corrected chi connectivity index (χ0v) is 15.1. The van der Waals surface area contributed by atoms with E-state index in [0.29, 0.717) is 67.5 Å². The summed E-state index contributed by atoms with van der Waals surface area (Å²) in [7, 11) is 0. The number of ketones is 1. The summed E-state index contributed by atoms with van der Waals surface area (Å²) in [6.45, 7) is 3.70. The molecule has 27 heavy (non-hydrogen) atoms. The van der Waals surface area contributed by atoms with Crippen molar-refractivity contribution in [3.63, 3.8) is 0 Å². The molecule has 0 aromatic carbocycles. The van der Waals surface area contributed by atoms with E-state index in [1.54, 1.807) is 11.8 Å². The zero-order valence-electron chi connectivity index (χ0n) is 15.1. The van der Waals surface area contributed by atoms with E-state index in [1.807, 2.05) is 4.90 Å². The molecule has 2 aliphatic rings. The molecular weight excluding hydrogens is 350 g/mol. The molecule has 142 valence electrons. The van der Waals surface area contributed by atoms with E-state index < -0.39 is 0 Å². The third kappa shape index (κ3) is 3.09. The minimum atomic E-state index is -0.310. The van der Waals surface area contributed by atoms with Crippen LogP contribution < -0.4 is 16.2 Å². The Bertz CT molecular complexity index is 969. The molecule has 9 heteroatoms. The van der Waals surface area contributed by atoms with Crippen LogP contribution in [0.5, 0.6) is 0 Å². The Hall–Kier alpha value is -3.10. The molecular formula is C18H21N5O4. The van der Waals surface area contributed by atoms with Crippen molar-refractivity contribution in [3.8, 4) is 0 Å². The van der Waals surface area contributed by atoms with Gasteiger partial charge in [0.25, 0.3) is 11.5 Å². The van der Waals surface area contributed by atoms with Crippen molar-refractivity contribution >= 4 is 23.5 Å². The molecule has 0 radical (unpaired) electrons. The van der Waals surface area contributed by atoms with Crippen LogP contribution in [0.2, 0.25) is 0 Å². The number of nitrogen functional groups attached to an aromatic ring is 1. The highest BCUT2D eigenvalue weighted by atomic mass is 16.3. The number of hydrogen-bond acceptors (Lipinski definition) is 7. The lowest BCUT2D eigenvalue weighted by atomic mass is 9.93. The number of amides is 1. The largest absolute Gasteiger partial charge is 0.465 e. The number of furan rings is 1. The Labute approximate surface area is 155 Å². The molecule has 1 aliphatic carbocycles. The second kappa shape index (κ2) is 6.57. The quantitative estimate of drug-likeness (QED) is 0.797. The molecule has 1 aliphatic heterocycles. The highest BCUT2D eigenvalue weighted by molar-refractivity contribution is 6.10. The molecule has 0 bridgehead atoms. The Morgan fingerprint density at radius 1 is 1.22 bits per heavy atom. The Morgan fingerprint density at radius 3 is 2.67 bits per heavy atom. The summed E-state index contributed by atoms with van der Waals surface area (Å²) in [5, 5.41) is 0. The first-order valence-corrected chi connectivity index (χ1v) is 9.00. The number of piperazine rings is 1. The van der Waals surface area contributed by atoms with Crippen LogP contribution in [0, 0.1) is 6.92 Å². The first kappa shape index (κ1) is 17.3. The second-order valence-corrected chi connectivity index (χ2v) is 6.88. The fraction of sp³-hybridized carbons (Fsp3) is 0.444. The van der Waals surface area contributed by atoms with E-state index in [9.17, 15) is 14.4 Å². The number of nitrogens with two attached hydrogens (primary N) is 1. The Balaban J connectivity index is 1.52. The Morgan fingerprint density at radius 2 is 1.96 bits per heavy atom. The molecule has 0 saturated carbocycles. The van der Waals surface area contributed by atoms with Crippen LogP contribution in [0.3, 0.4) is 0 Å². The molecule has 0 unspecified atom stereocenters. The predicted octanol–water partition coefficient (Wildman–Crippen LogP) is 0.735. The van der Waals surface area contributed by atoms with Crippen LogP contribution in [0.15, 0.2) is 15.3 Å². The molecule has 4 rings (SSSR count). The van der Waals surface area contributed by atoms with Gasteiger partial charge in [-0.1, -0.05) is 0 Å². The number of hydrogen-bond donors (Lipinski definition) is 2. The van der Waals surface area contributed by atoms with Crippen molar-refractivity contribution in [2.45, 2.75) is 26.2 Å². The lowest BCUT2D eigenvalue weighted by molar-refractivity contribution is 0.0739. The number of aryl methyl sites for hydroxylation is 2. The summed E-state index contributed by atoms with van der Waals surface area (Å²) >= 11 is 0. The van der Waals surface area contributed by atoms with Gasteiger partial charge in [-0.05, 0) is 13.3 Å². The highest BCUT2D eigenvalue weighted by Gasteiger charge is 2.33. The molecule has 3 N–H and O–H groups in total. The van der Waals surface area contributed by atoms with Crippen LogP contribution in [-0.4, -0.2) is 52.7 Å². The van der Waals surface area contributed by atoms with Crippen molar-refractivity contribution in [2.75, 3.05) is 36.8 Å². The lowest BCUT2D eigenvalue weighted by Crippen LogP contribution is -2.49. The van der Waals surface area contributed by atoms with Gasteiger partial charge in [0.05, 0.1) is 11.1 Å². The first-order valence-electron chi connectivity index (χ1n) is 9.00. The smallest absolute Gasteiger partial charge is 0.258 e. The summed E-state index contributed by atoms with van der Waals surface area (Å²) in [5.41, 5.74) is 6.16. The number of Topliss-reactive ketones (excluding diaryl/α,β-unsaturated/α-hetero) is 1. The fourth-order valence-corrected chi connectivity index (χ4v) is 3.79. The summed E-state index contributed by atoms with van der Waals surface area (Å²) in [6.07, 6.45) is 1.91. The average molecular weight is 371 g/mol. The van der Waals surface area contributed by atoms with Crippen LogP contribution in [0.25, 0.3) is 0 Å². The molecule has 2 aromatic rings. The van der Waals surface area contributed by atoms with E-state index in [0.717, 1.165) is 6.42 Å². The molecule has 1 amide bonds. The summed E-state index contributed by atoms with van der Waals surface area (Å²) in [5.74, 6) is 1.51. The van der Waals surface area contributed by atoms with Crippen LogP contribution in [0.1, 0.15) is 45.1 Å². The number of H-pyrrole nitrogens is 1. The SMILES string of the molecule is Cc1oc2c(c1C(=O)N1CCN(c3cc(=O)[nH]c(N)n3)CC1)C(=O)CCC2. The maximum absolute atomic E-state index is 13.1. The van der Waals surface area contributed by atoms with Gasteiger partial charge in [-0.2, -0.15) is 4.98 Å². The summed E-state index contributed by atoms with van der Waals surface area (Å²) < 4.78 is 5.70. The molecule has 1 saturated heterocycles. The predicted molar refractivity (Wildman–Crippen MR) is 98.1 cm³/mol. The number of fused-ring (bicyclic) bond motifs is 1. The molecule has 9 nitrogen and oxygen atoms in total. The average Bonchev–Trinajstić information content (AvgIpc) is 2.98. The third-order valence-corrected chi connectivity index (χ3v) is 5.09.